The molecule has 4 aliphatic rings. The fraction of sp³-hybridized carbons (Fsp3) is 0.733. The van der Waals surface area contributed by atoms with Gasteiger partial charge in [0.05, 0.1) is 11.8 Å². The average molecular weight is 247 g/mol. The van der Waals surface area contributed by atoms with Crippen LogP contribution in [0.4, 0.5) is 0 Å². The highest BCUT2D eigenvalue weighted by Crippen LogP contribution is 2.63. The maximum Gasteiger partial charge on any atom is 0.233 e. The summed E-state index contributed by atoms with van der Waals surface area (Å²) in [4.78, 5) is 26.2. The molecule has 2 amide bonds. The molecular weight excluding hydrogens is 226 g/mol. The molecule has 0 aromatic rings. The molecule has 0 aromatic carbocycles. The predicted octanol–water partition coefficient (Wildman–Crippen LogP) is 2.23. The van der Waals surface area contributed by atoms with Gasteiger partial charge in [0.2, 0.25) is 11.8 Å². The van der Waals surface area contributed by atoms with Crippen LogP contribution in [-0.2, 0) is 9.59 Å². The quantitative estimate of drug-likeness (QED) is 0.526. The second-order valence-corrected chi connectivity index (χ2v) is 6.80. The molecule has 0 radical (unpaired) electrons. The van der Waals surface area contributed by atoms with Crippen molar-refractivity contribution in [3.63, 3.8) is 0 Å². The van der Waals surface area contributed by atoms with Crippen molar-refractivity contribution in [2.75, 3.05) is 7.05 Å². The van der Waals surface area contributed by atoms with Crippen LogP contribution in [0.3, 0.4) is 0 Å². The van der Waals surface area contributed by atoms with Crippen molar-refractivity contribution in [3.05, 3.63) is 12.2 Å². The van der Waals surface area contributed by atoms with Gasteiger partial charge in [0.1, 0.15) is 0 Å². The van der Waals surface area contributed by atoms with Gasteiger partial charge in [-0.05, 0) is 24.2 Å². The van der Waals surface area contributed by atoms with E-state index in [0.717, 1.165) is 12.8 Å². The van der Waals surface area contributed by atoms with Gasteiger partial charge in [-0.15, -0.1) is 0 Å². The molecule has 0 N–H and O–H groups in total. The van der Waals surface area contributed by atoms with Crippen molar-refractivity contribution in [2.24, 2.45) is 28.6 Å². The number of allylic oxidation sites excluding steroid dienone is 2. The second-order valence-electron chi connectivity index (χ2n) is 6.80. The minimum Gasteiger partial charge on any atom is -0.285 e. The molecule has 4 rings (SSSR count). The summed E-state index contributed by atoms with van der Waals surface area (Å²) < 4.78 is 0. The first-order valence-electron chi connectivity index (χ1n) is 6.85. The van der Waals surface area contributed by atoms with Gasteiger partial charge in [-0.2, -0.15) is 0 Å². The van der Waals surface area contributed by atoms with Crippen LogP contribution in [0.15, 0.2) is 12.2 Å². The normalized spacial score (nSPS) is 46.2. The van der Waals surface area contributed by atoms with E-state index in [-0.39, 0.29) is 34.5 Å². The van der Waals surface area contributed by atoms with Gasteiger partial charge in [0.25, 0.3) is 0 Å². The molecule has 3 nitrogen and oxygen atoms in total. The van der Waals surface area contributed by atoms with Crippen LogP contribution < -0.4 is 0 Å². The summed E-state index contributed by atoms with van der Waals surface area (Å²) >= 11 is 0. The molecule has 0 unspecified atom stereocenters. The van der Waals surface area contributed by atoms with Gasteiger partial charge in [-0.1, -0.05) is 32.9 Å². The number of likely N-dealkylation sites (tertiary alicyclic amines) is 1. The first-order valence-corrected chi connectivity index (χ1v) is 6.85. The van der Waals surface area contributed by atoms with Crippen LogP contribution in [-0.4, -0.2) is 23.8 Å². The van der Waals surface area contributed by atoms with E-state index in [1.54, 1.807) is 7.05 Å². The predicted molar refractivity (Wildman–Crippen MR) is 68.5 cm³/mol. The molecule has 1 aliphatic heterocycles. The molecule has 1 heterocycles. The monoisotopic (exact) mass is 247 g/mol. The summed E-state index contributed by atoms with van der Waals surface area (Å²) in [7, 11) is 1.64. The Labute approximate surface area is 108 Å². The Morgan fingerprint density at radius 3 is 2.28 bits per heavy atom. The van der Waals surface area contributed by atoms with Crippen molar-refractivity contribution in [2.45, 2.75) is 33.6 Å². The standard InChI is InChI=1S/C15H21NO2/c1-9(2)15-7-5-14(3,6-8-15)10-11(15)13(18)16(4)12(10)17/h5,7,9-11H,6,8H2,1-4H3/t10-,11+,14-,15-/m0/s1. The number of rotatable bonds is 1. The molecule has 3 aliphatic carbocycles. The fourth-order valence-corrected chi connectivity index (χ4v) is 4.37. The zero-order valence-electron chi connectivity index (χ0n) is 11.6. The maximum absolute atomic E-state index is 12.5. The lowest BCUT2D eigenvalue weighted by Crippen LogP contribution is -2.53. The first kappa shape index (κ1) is 11.9. The Bertz CT molecular complexity index is 467. The lowest BCUT2D eigenvalue weighted by molar-refractivity contribution is -0.139. The third-order valence-electron chi connectivity index (χ3n) is 5.76. The van der Waals surface area contributed by atoms with Crippen molar-refractivity contribution in [3.8, 4) is 0 Å². The molecule has 2 bridgehead atoms. The highest BCUT2D eigenvalue weighted by Gasteiger charge is 2.66. The largest absolute Gasteiger partial charge is 0.285 e. The number of hydrogen-bond acceptors (Lipinski definition) is 2. The van der Waals surface area contributed by atoms with Gasteiger partial charge >= 0.3 is 0 Å². The van der Waals surface area contributed by atoms with Gasteiger partial charge in [0, 0.05) is 12.5 Å². The van der Waals surface area contributed by atoms with E-state index in [0.29, 0.717) is 5.92 Å². The molecule has 0 spiro atoms. The Balaban J connectivity index is 2.19. The third-order valence-corrected chi connectivity index (χ3v) is 5.76. The van der Waals surface area contributed by atoms with E-state index >= 15 is 0 Å². The van der Waals surface area contributed by atoms with Crippen molar-refractivity contribution >= 4 is 11.8 Å². The molecule has 18 heavy (non-hydrogen) atoms. The number of imide groups is 1. The van der Waals surface area contributed by atoms with Crippen molar-refractivity contribution in [1.82, 2.24) is 4.90 Å². The topological polar surface area (TPSA) is 37.4 Å². The van der Waals surface area contributed by atoms with Crippen LogP contribution in [0.1, 0.15) is 33.6 Å². The zero-order chi connectivity index (χ0) is 13.3. The smallest absolute Gasteiger partial charge is 0.233 e. The summed E-state index contributed by atoms with van der Waals surface area (Å²) in [5, 5.41) is 0. The average Bonchev–Trinajstić information content (AvgIpc) is 2.57. The van der Waals surface area contributed by atoms with Crippen LogP contribution >= 0.6 is 0 Å². The van der Waals surface area contributed by atoms with Crippen LogP contribution in [0, 0.1) is 28.6 Å². The summed E-state index contributed by atoms with van der Waals surface area (Å²) in [6, 6.07) is 0. The molecule has 0 aromatic heterocycles. The summed E-state index contributed by atoms with van der Waals surface area (Å²) in [6.45, 7) is 6.48. The Morgan fingerprint density at radius 2 is 1.78 bits per heavy atom. The highest BCUT2D eigenvalue weighted by molar-refractivity contribution is 6.06. The lowest BCUT2D eigenvalue weighted by Gasteiger charge is -2.55. The van der Waals surface area contributed by atoms with Crippen LogP contribution in [0.25, 0.3) is 0 Å². The summed E-state index contributed by atoms with van der Waals surface area (Å²) in [5.74, 6) is 0.208. The molecule has 3 heteroatoms. The number of carbonyl (C=O) groups excluding carboxylic acids is 2. The molecule has 4 atom stereocenters. The number of amides is 2. The molecular formula is C15H21NO2. The van der Waals surface area contributed by atoms with Crippen LogP contribution in [0.5, 0.6) is 0 Å². The first-order chi connectivity index (χ1) is 8.33. The van der Waals surface area contributed by atoms with Crippen LogP contribution in [0.2, 0.25) is 0 Å². The van der Waals surface area contributed by atoms with Gasteiger partial charge < -0.3 is 0 Å². The Morgan fingerprint density at radius 1 is 1.17 bits per heavy atom. The Kier molecular flexibility index (Phi) is 2.16. The summed E-state index contributed by atoms with van der Waals surface area (Å²) in [6.07, 6.45) is 6.51. The van der Waals surface area contributed by atoms with E-state index in [1.165, 1.54) is 4.90 Å². The van der Waals surface area contributed by atoms with E-state index in [9.17, 15) is 9.59 Å². The summed E-state index contributed by atoms with van der Waals surface area (Å²) in [5.41, 5.74) is -0.210. The fourth-order valence-electron chi connectivity index (χ4n) is 4.37. The van der Waals surface area contributed by atoms with Crippen molar-refractivity contribution in [1.29, 1.82) is 0 Å². The van der Waals surface area contributed by atoms with Gasteiger partial charge in [-0.25, -0.2) is 0 Å². The minimum atomic E-state index is -0.129. The van der Waals surface area contributed by atoms with E-state index in [2.05, 4.69) is 32.9 Å². The van der Waals surface area contributed by atoms with Gasteiger partial charge in [-0.3, -0.25) is 14.5 Å². The van der Waals surface area contributed by atoms with Gasteiger partial charge in [0.15, 0.2) is 0 Å². The van der Waals surface area contributed by atoms with Crippen molar-refractivity contribution < 1.29 is 9.59 Å². The zero-order valence-corrected chi connectivity index (χ0v) is 11.6. The minimum absolute atomic E-state index is 0.0292. The lowest BCUT2D eigenvalue weighted by atomic mass is 9.46. The van der Waals surface area contributed by atoms with E-state index < -0.39 is 0 Å². The van der Waals surface area contributed by atoms with E-state index in [1.807, 2.05) is 0 Å². The van der Waals surface area contributed by atoms with E-state index in [4.69, 9.17) is 0 Å². The molecule has 1 saturated heterocycles. The SMILES string of the molecule is CC(C)[C@]12C=C[C@@](C)(CC1)[C@@H]1C(=O)N(C)C(=O)[C@@H]12. The third kappa shape index (κ3) is 1.11. The molecule has 1 saturated carbocycles. The maximum atomic E-state index is 12.5. The number of fused-ring (bicyclic) bond motifs is 1. The number of hydrogen-bond donors (Lipinski definition) is 0. The number of nitrogens with zero attached hydrogens (tertiary/aromatic N) is 1. The molecule has 98 valence electrons. The number of carbonyl (C=O) groups is 2. The Hall–Kier alpha value is -1.12. The highest BCUT2D eigenvalue weighted by atomic mass is 16.2. The molecule has 2 fully saturated rings. The second kappa shape index (κ2) is 3.25.